The third-order valence-corrected chi connectivity index (χ3v) is 3.99. The molecule has 2 aromatic carbocycles. The van der Waals surface area contributed by atoms with E-state index in [2.05, 4.69) is 6.07 Å². The van der Waals surface area contributed by atoms with Gasteiger partial charge in [-0.25, -0.2) is 0 Å². The lowest BCUT2D eigenvalue weighted by molar-refractivity contribution is 0.104. The molecule has 4 rings (SSSR count). The van der Waals surface area contributed by atoms with Gasteiger partial charge in [0, 0.05) is 24.0 Å². The van der Waals surface area contributed by atoms with Crippen LogP contribution in [0.5, 0.6) is 5.75 Å². The number of hydrogen-bond acceptors (Lipinski definition) is 2. The van der Waals surface area contributed by atoms with Crippen molar-refractivity contribution in [3.63, 3.8) is 0 Å². The number of ether oxygens (including phenoxy) is 1. The number of allylic oxidation sites excluding steroid dienone is 1. The minimum atomic E-state index is 0.164. The first-order chi connectivity index (χ1) is 9.81. The summed E-state index contributed by atoms with van der Waals surface area (Å²) in [5, 5.41) is 0. The zero-order valence-electron chi connectivity index (χ0n) is 11.1. The quantitative estimate of drug-likeness (QED) is 0.736. The van der Waals surface area contributed by atoms with Gasteiger partial charge in [-0.3, -0.25) is 4.79 Å². The lowest BCUT2D eigenvalue weighted by Crippen LogP contribution is -1.95. The fourth-order valence-corrected chi connectivity index (χ4v) is 2.97. The van der Waals surface area contributed by atoms with Crippen LogP contribution in [0, 0.1) is 0 Å². The summed E-state index contributed by atoms with van der Waals surface area (Å²) in [6.07, 6.45) is 3.71. The molecule has 0 fully saturated rings. The summed E-state index contributed by atoms with van der Waals surface area (Å²) >= 11 is 0. The first kappa shape index (κ1) is 11.5. The predicted octanol–water partition coefficient (Wildman–Crippen LogP) is 3.44. The number of Topliss-reactive ketones (excluding diaryl/α,β-unsaturated/α-hetero) is 1. The van der Waals surface area contributed by atoms with Crippen molar-refractivity contribution >= 4 is 11.9 Å². The highest BCUT2D eigenvalue weighted by Crippen LogP contribution is 2.30. The minimum absolute atomic E-state index is 0.164. The van der Waals surface area contributed by atoms with E-state index in [-0.39, 0.29) is 5.78 Å². The predicted molar refractivity (Wildman–Crippen MR) is 78.1 cm³/mol. The molecule has 0 saturated heterocycles. The van der Waals surface area contributed by atoms with Crippen LogP contribution in [0.3, 0.4) is 0 Å². The lowest BCUT2D eigenvalue weighted by Gasteiger charge is -2.01. The summed E-state index contributed by atoms with van der Waals surface area (Å²) in [7, 11) is 0. The molecular weight excluding hydrogens is 248 g/mol. The van der Waals surface area contributed by atoms with E-state index >= 15 is 0 Å². The summed E-state index contributed by atoms with van der Waals surface area (Å²) in [6, 6.07) is 14.0. The van der Waals surface area contributed by atoms with Gasteiger partial charge in [0.1, 0.15) is 5.75 Å². The van der Waals surface area contributed by atoms with Crippen molar-refractivity contribution in [1.29, 1.82) is 0 Å². The number of benzene rings is 2. The molecule has 2 nitrogen and oxygen atoms in total. The van der Waals surface area contributed by atoms with Gasteiger partial charge < -0.3 is 4.74 Å². The Kier molecular flexibility index (Phi) is 2.49. The molecule has 0 bridgehead atoms. The molecule has 0 N–H and O–H groups in total. The largest absolute Gasteiger partial charge is 0.493 e. The normalized spacial score (nSPS) is 18.0. The lowest BCUT2D eigenvalue weighted by atomic mass is 10.0. The second-order valence-corrected chi connectivity index (χ2v) is 5.30. The minimum Gasteiger partial charge on any atom is -0.493 e. The van der Waals surface area contributed by atoms with E-state index in [4.69, 9.17) is 4.74 Å². The number of hydrogen-bond donors (Lipinski definition) is 0. The van der Waals surface area contributed by atoms with Crippen LogP contribution in [-0.4, -0.2) is 12.4 Å². The van der Waals surface area contributed by atoms with Crippen molar-refractivity contribution in [3.05, 3.63) is 70.3 Å². The summed E-state index contributed by atoms with van der Waals surface area (Å²) < 4.78 is 5.51. The van der Waals surface area contributed by atoms with Gasteiger partial charge in [-0.15, -0.1) is 0 Å². The number of carbonyl (C=O) groups is 1. The van der Waals surface area contributed by atoms with E-state index in [1.165, 1.54) is 5.56 Å². The van der Waals surface area contributed by atoms with Gasteiger partial charge in [-0.2, -0.15) is 0 Å². The van der Waals surface area contributed by atoms with Gasteiger partial charge in [0.15, 0.2) is 5.78 Å². The highest BCUT2D eigenvalue weighted by molar-refractivity contribution is 6.15. The van der Waals surface area contributed by atoms with E-state index in [1.54, 1.807) is 0 Å². The van der Waals surface area contributed by atoms with Crippen LogP contribution in [0.25, 0.3) is 6.08 Å². The maximum absolute atomic E-state index is 12.3. The Labute approximate surface area is 117 Å². The van der Waals surface area contributed by atoms with E-state index in [0.29, 0.717) is 0 Å². The van der Waals surface area contributed by atoms with Crippen molar-refractivity contribution in [2.75, 3.05) is 6.61 Å². The third kappa shape index (κ3) is 1.76. The Morgan fingerprint density at radius 2 is 1.95 bits per heavy atom. The van der Waals surface area contributed by atoms with Crippen LogP contribution in [0.1, 0.15) is 27.0 Å². The molecule has 20 heavy (non-hydrogen) atoms. The van der Waals surface area contributed by atoms with Gasteiger partial charge in [0.2, 0.25) is 0 Å². The molecule has 98 valence electrons. The molecule has 1 aliphatic heterocycles. The van der Waals surface area contributed by atoms with Crippen molar-refractivity contribution in [3.8, 4) is 5.75 Å². The molecule has 0 amide bonds. The Balaban J connectivity index is 1.71. The van der Waals surface area contributed by atoms with Gasteiger partial charge in [-0.1, -0.05) is 30.3 Å². The fourth-order valence-electron chi connectivity index (χ4n) is 2.97. The molecule has 0 radical (unpaired) electrons. The topological polar surface area (TPSA) is 26.3 Å². The Hall–Kier alpha value is -2.35. The molecule has 0 aromatic heterocycles. The van der Waals surface area contributed by atoms with E-state index < -0.39 is 0 Å². The fraction of sp³-hybridized carbons (Fsp3) is 0.167. The van der Waals surface area contributed by atoms with Crippen molar-refractivity contribution in [1.82, 2.24) is 0 Å². The molecule has 2 heteroatoms. The molecule has 2 aliphatic rings. The Bertz CT molecular complexity index is 741. The monoisotopic (exact) mass is 262 g/mol. The SMILES string of the molecule is O=C1/C(=C/c2ccc3c(c2)CCO3)Cc2ccccc21. The summed E-state index contributed by atoms with van der Waals surface area (Å²) in [4.78, 5) is 12.3. The highest BCUT2D eigenvalue weighted by Gasteiger charge is 2.24. The van der Waals surface area contributed by atoms with Crippen molar-refractivity contribution in [2.24, 2.45) is 0 Å². The molecule has 0 unspecified atom stereocenters. The standard InChI is InChI=1S/C18H14O2/c19-18-15(11-13-3-1-2-4-16(13)18)10-12-5-6-17-14(9-12)7-8-20-17/h1-6,9-10H,7-8,11H2/b15-10+. The maximum atomic E-state index is 12.3. The Morgan fingerprint density at radius 3 is 2.85 bits per heavy atom. The smallest absolute Gasteiger partial charge is 0.189 e. The number of ketones is 1. The number of carbonyl (C=O) groups excluding carboxylic acids is 1. The summed E-state index contributed by atoms with van der Waals surface area (Å²) in [5.74, 6) is 1.14. The molecular formula is C18H14O2. The molecule has 2 aromatic rings. The van der Waals surface area contributed by atoms with Crippen LogP contribution in [0.2, 0.25) is 0 Å². The van der Waals surface area contributed by atoms with Crippen LogP contribution in [0.4, 0.5) is 0 Å². The molecule has 0 saturated carbocycles. The van der Waals surface area contributed by atoms with Crippen LogP contribution < -0.4 is 4.74 Å². The number of rotatable bonds is 1. The molecule has 0 atom stereocenters. The molecule has 1 aliphatic carbocycles. The molecule has 0 spiro atoms. The highest BCUT2D eigenvalue weighted by atomic mass is 16.5. The zero-order chi connectivity index (χ0) is 13.5. The van der Waals surface area contributed by atoms with Crippen LogP contribution in [0.15, 0.2) is 48.0 Å². The van der Waals surface area contributed by atoms with Gasteiger partial charge in [0.25, 0.3) is 0 Å². The van der Waals surface area contributed by atoms with Gasteiger partial charge in [0.05, 0.1) is 6.61 Å². The summed E-state index contributed by atoms with van der Waals surface area (Å²) in [6.45, 7) is 0.764. The van der Waals surface area contributed by atoms with Gasteiger partial charge >= 0.3 is 0 Å². The molecule has 1 heterocycles. The average Bonchev–Trinajstić information content (AvgIpc) is 3.05. The third-order valence-electron chi connectivity index (χ3n) is 3.99. The zero-order valence-corrected chi connectivity index (χ0v) is 11.1. The van der Waals surface area contributed by atoms with Gasteiger partial charge in [-0.05, 0) is 34.9 Å². The average molecular weight is 262 g/mol. The van der Waals surface area contributed by atoms with Crippen molar-refractivity contribution < 1.29 is 9.53 Å². The number of fused-ring (bicyclic) bond motifs is 2. The van der Waals surface area contributed by atoms with E-state index in [1.807, 2.05) is 42.5 Å². The van der Waals surface area contributed by atoms with Crippen LogP contribution in [-0.2, 0) is 12.8 Å². The van der Waals surface area contributed by atoms with Crippen molar-refractivity contribution in [2.45, 2.75) is 12.8 Å². The van der Waals surface area contributed by atoms with Crippen LogP contribution >= 0.6 is 0 Å². The van der Waals surface area contributed by atoms with E-state index in [0.717, 1.165) is 47.5 Å². The van der Waals surface area contributed by atoms with E-state index in [9.17, 15) is 4.79 Å². The second kappa shape index (κ2) is 4.34. The first-order valence-electron chi connectivity index (χ1n) is 6.90. The second-order valence-electron chi connectivity index (χ2n) is 5.30. The first-order valence-corrected chi connectivity index (χ1v) is 6.90. The maximum Gasteiger partial charge on any atom is 0.189 e. The summed E-state index contributed by atoms with van der Waals surface area (Å²) in [5.41, 5.74) is 5.19. The Morgan fingerprint density at radius 1 is 1.05 bits per heavy atom.